The molecule has 0 atom stereocenters. The van der Waals surface area contributed by atoms with Crippen molar-refractivity contribution in [2.45, 2.75) is 39.0 Å². The second kappa shape index (κ2) is 6.22. The number of carbonyl (C=O) groups is 1. The highest BCUT2D eigenvalue weighted by Crippen LogP contribution is 2.38. The Kier molecular flexibility index (Phi) is 4.81. The van der Waals surface area contributed by atoms with Crippen LogP contribution in [-0.4, -0.2) is 10.9 Å². The standard InChI is InChI=1S/C15H19BrN2OS/c1-10-9-11(16)5-6-12(10)18-14(19)15(13(17)20)7-3-2-4-8-15/h5-6,9H,2-4,7-8H2,1H3,(H2,17,20)(H,18,19). The summed E-state index contributed by atoms with van der Waals surface area (Å²) in [6, 6.07) is 5.79. The number of rotatable bonds is 3. The van der Waals surface area contributed by atoms with Gasteiger partial charge in [0.25, 0.3) is 0 Å². The fraction of sp³-hybridized carbons (Fsp3) is 0.467. The zero-order valence-corrected chi connectivity index (χ0v) is 13.9. The van der Waals surface area contributed by atoms with E-state index in [1.807, 2.05) is 25.1 Å². The fourth-order valence-electron chi connectivity index (χ4n) is 2.75. The van der Waals surface area contributed by atoms with Gasteiger partial charge in [-0.15, -0.1) is 0 Å². The maximum absolute atomic E-state index is 12.7. The van der Waals surface area contributed by atoms with Crippen molar-refractivity contribution in [3.05, 3.63) is 28.2 Å². The van der Waals surface area contributed by atoms with Gasteiger partial charge in [-0.1, -0.05) is 47.4 Å². The Labute approximate surface area is 133 Å². The third-order valence-electron chi connectivity index (χ3n) is 4.05. The first-order valence-electron chi connectivity index (χ1n) is 6.83. The van der Waals surface area contributed by atoms with E-state index in [2.05, 4.69) is 21.2 Å². The molecule has 108 valence electrons. The van der Waals surface area contributed by atoms with E-state index >= 15 is 0 Å². The van der Waals surface area contributed by atoms with Crippen LogP contribution in [0.2, 0.25) is 0 Å². The summed E-state index contributed by atoms with van der Waals surface area (Å²) >= 11 is 8.60. The lowest BCUT2D eigenvalue weighted by Gasteiger charge is -2.34. The SMILES string of the molecule is Cc1cc(Br)ccc1NC(=O)C1(C(N)=S)CCCCC1. The molecule has 1 amide bonds. The average molecular weight is 355 g/mol. The maximum atomic E-state index is 12.7. The largest absolute Gasteiger partial charge is 0.392 e. The summed E-state index contributed by atoms with van der Waals surface area (Å²) in [4.78, 5) is 13.0. The highest BCUT2D eigenvalue weighted by atomic mass is 79.9. The zero-order valence-electron chi connectivity index (χ0n) is 11.5. The highest BCUT2D eigenvalue weighted by molar-refractivity contribution is 9.10. The molecule has 0 unspecified atom stereocenters. The van der Waals surface area contributed by atoms with Gasteiger partial charge in [-0.25, -0.2) is 0 Å². The quantitative estimate of drug-likeness (QED) is 0.808. The Hall–Kier alpha value is -0.940. The van der Waals surface area contributed by atoms with Crippen LogP contribution in [0.5, 0.6) is 0 Å². The van der Waals surface area contributed by atoms with Gasteiger partial charge in [-0.2, -0.15) is 0 Å². The molecule has 0 spiro atoms. The van der Waals surface area contributed by atoms with Crippen molar-refractivity contribution in [2.24, 2.45) is 11.1 Å². The highest BCUT2D eigenvalue weighted by Gasteiger charge is 2.42. The summed E-state index contributed by atoms with van der Waals surface area (Å²) in [5.41, 5.74) is 7.04. The summed E-state index contributed by atoms with van der Waals surface area (Å²) in [6.45, 7) is 1.97. The van der Waals surface area contributed by atoms with Crippen molar-refractivity contribution >= 4 is 44.7 Å². The minimum absolute atomic E-state index is 0.0601. The Morgan fingerprint density at radius 2 is 2.00 bits per heavy atom. The van der Waals surface area contributed by atoms with Gasteiger partial charge >= 0.3 is 0 Å². The number of anilines is 1. The van der Waals surface area contributed by atoms with Gasteiger partial charge in [0.2, 0.25) is 5.91 Å². The van der Waals surface area contributed by atoms with Gasteiger partial charge in [0.1, 0.15) is 0 Å². The van der Waals surface area contributed by atoms with E-state index < -0.39 is 5.41 Å². The van der Waals surface area contributed by atoms with Crippen LogP contribution in [0.15, 0.2) is 22.7 Å². The number of aryl methyl sites for hydroxylation is 1. The molecule has 1 fully saturated rings. The molecular formula is C15H19BrN2OS. The normalized spacial score (nSPS) is 17.5. The number of halogens is 1. The van der Waals surface area contributed by atoms with Crippen molar-refractivity contribution in [1.82, 2.24) is 0 Å². The van der Waals surface area contributed by atoms with Gasteiger partial charge in [0.05, 0.1) is 10.4 Å². The number of nitrogens with one attached hydrogen (secondary N) is 1. The number of hydrogen-bond donors (Lipinski definition) is 2. The first-order chi connectivity index (χ1) is 9.45. The van der Waals surface area contributed by atoms with Crippen LogP contribution in [0.3, 0.4) is 0 Å². The van der Waals surface area contributed by atoms with E-state index in [-0.39, 0.29) is 5.91 Å². The molecule has 0 saturated heterocycles. The van der Waals surface area contributed by atoms with Gasteiger partial charge in [0, 0.05) is 10.2 Å². The van der Waals surface area contributed by atoms with Gasteiger partial charge < -0.3 is 11.1 Å². The zero-order chi connectivity index (χ0) is 14.8. The Morgan fingerprint density at radius 3 is 2.55 bits per heavy atom. The van der Waals surface area contributed by atoms with Crippen molar-refractivity contribution in [1.29, 1.82) is 0 Å². The number of amides is 1. The molecule has 0 aromatic heterocycles. The summed E-state index contributed by atoms with van der Waals surface area (Å²) in [5.74, 6) is -0.0601. The lowest BCUT2D eigenvalue weighted by Crippen LogP contribution is -2.47. The topological polar surface area (TPSA) is 55.1 Å². The van der Waals surface area contributed by atoms with E-state index in [1.165, 1.54) is 0 Å². The smallest absolute Gasteiger partial charge is 0.237 e. The second-order valence-corrected chi connectivity index (χ2v) is 6.78. The van der Waals surface area contributed by atoms with Crippen LogP contribution >= 0.6 is 28.1 Å². The number of benzene rings is 1. The van der Waals surface area contributed by atoms with Crippen molar-refractivity contribution < 1.29 is 4.79 Å². The van der Waals surface area contributed by atoms with Crippen LogP contribution < -0.4 is 11.1 Å². The monoisotopic (exact) mass is 354 g/mol. The van der Waals surface area contributed by atoms with Crippen LogP contribution in [0.4, 0.5) is 5.69 Å². The van der Waals surface area contributed by atoms with Crippen LogP contribution in [0, 0.1) is 12.3 Å². The molecule has 20 heavy (non-hydrogen) atoms. The minimum Gasteiger partial charge on any atom is -0.392 e. The minimum atomic E-state index is -0.674. The fourth-order valence-corrected chi connectivity index (χ4v) is 3.52. The van der Waals surface area contributed by atoms with Crippen LogP contribution in [0.25, 0.3) is 0 Å². The molecule has 3 nitrogen and oxygen atoms in total. The second-order valence-electron chi connectivity index (χ2n) is 5.42. The van der Waals surface area contributed by atoms with E-state index in [9.17, 15) is 4.79 Å². The Bertz CT molecular complexity index is 539. The molecule has 0 radical (unpaired) electrons. The molecule has 0 heterocycles. The first-order valence-corrected chi connectivity index (χ1v) is 8.03. The molecule has 0 aliphatic heterocycles. The molecule has 1 aliphatic carbocycles. The van der Waals surface area contributed by atoms with Crippen molar-refractivity contribution in [3.63, 3.8) is 0 Å². The molecule has 0 bridgehead atoms. The summed E-state index contributed by atoms with van der Waals surface area (Å²) in [7, 11) is 0. The number of nitrogens with two attached hydrogens (primary N) is 1. The average Bonchev–Trinajstić information content (AvgIpc) is 2.42. The molecule has 1 aliphatic rings. The van der Waals surface area contributed by atoms with E-state index in [4.69, 9.17) is 18.0 Å². The summed E-state index contributed by atoms with van der Waals surface area (Å²) < 4.78 is 0.995. The number of carbonyl (C=O) groups excluding carboxylic acids is 1. The lowest BCUT2D eigenvalue weighted by atomic mass is 9.73. The molecule has 5 heteroatoms. The van der Waals surface area contributed by atoms with Gasteiger partial charge in [0.15, 0.2) is 0 Å². The first kappa shape index (κ1) is 15.4. The number of hydrogen-bond acceptors (Lipinski definition) is 2. The van der Waals surface area contributed by atoms with E-state index in [0.717, 1.165) is 47.8 Å². The molecular weight excluding hydrogens is 336 g/mol. The predicted octanol–water partition coefficient (Wildman–Crippen LogP) is 3.93. The van der Waals surface area contributed by atoms with E-state index in [1.54, 1.807) is 0 Å². The van der Waals surface area contributed by atoms with Gasteiger partial charge in [-0.3, -0.25) is 4.79 Å². The summed E-state index contributed by atoms with van der Waals surface area (Å²) in [6.07, 6.45) is 4.66. The molecule has 1 saturated carbocycles. The van der Waals surface area contributed by atoms with Crippen molar-refractivity contribution in [2.75, 3.05) is 5.32 Å². The molecule has 1 aromatic carbocycles. The van der Waals surface area contributed by atoms with Crippen molar-refractivity contribution in [3.8, 4) is 0 Å². The third-order valence-corrected chi connectivity index (χ3v) is 4.93. The molecule has 3 N–H and O–H groups in total. The number of thiocarbonyl (C=S) groups is 1. The third kappa shape index (κ3) is 3.04. The van der Waals surface area contributed by atoms with Crippen LogP contribution in [-0.2, 0) is 4.79 Å². The predicted molar refractivity (Wildman–Crippen MR) is 89.8 cm³/mol. The van der Waals surface area contributed by atoms with Gasteiger partial charge in [-0.05, 0) is 43.5 Å². The lowest BCUT2D eigenvalue weighted by molar-refractivity contribution is -0.123. The Morgan fingerprint density at radius 1 is 1.35 bits per heavy atom. The molecule has 1 aromatic rings. The van der Waals surface area contributed by atoms with Crippen LogP contribution in [0.1, 0.15) is 37.7 Å². The van der Waals surface area contributed by atoms with E-state index in [0.29, 0.717) is 4.99 Å². The molecule has 2 rings (SSSR count). The Balaban J connectivity index is 2.22. The maximum Gasteiger partial charge on any atom is 0.237 e. The summed E-state index contributed by atoms with van der Waals surface area (Å²) in [5, 5.41) is 3.00.